The molecule has 0 bridgehead atoms. The molecule has 0 unspecified atom stereocenters. The van der Waals surface area contributed by atoms with Crippen LogP contribution >= 0.6 is 0 Å². The normalized spacial score (nSPS) is 23.9. The van der Waals surface area contributed by atoms with Crippen molar-refractivity contribution < 1.29 is 0 Å². The van der Waals surface area contributed by atoms with Crippen LogP contribution in [0.4, 0.5) is 11.6 Å². The minimum atomic E-state index is 0.520. The van der Waals surface area contributed by atoms with Crippen LogP contribution in [0.15, 0.2) is 0 Å². The summed E-state index contributed by atoms with van der Waals surface area (Å²) in [5, 5.41) is 3.64. The zero-order valence-electron chi connectivity index (χ0n) is 14.9. The lowest BCUT2D eigenvalue weighted by atomic mass is 9.78. The highest BCUT2D eigenvalue weighted by Gasteiger charge is 2.33. The maximum Gasteiger partial charge on any atom is 0.137 e. The van der Waals surface area contributed by atoms with Crippen LogP contribution in [0.1, 0.15) is 76.1 Å². The summed E-state index contributed by atoms with van der Waals surface area (Å²) in [4.78, 5) is 12.4. The maximum atomic E-state index is 4.99. The third kappa shape index (κ3) is 3.17. The smallest absolute Gasteiger partial charge is 0.137 e. The Morgan fingerprint density at radius 1 is 1.13 bits per heavy atom. The maximum absolute atomic E-state index is 4.99. The number of rotatable bonds is 5. The van der Waals surface area contributed by atoms with Crippen molar-refractivity contribution in [1.29, 1.82) is 0 Å². The molecule has 126 valence electrons. The molecule has 1 aromatic heterocycles. The number of aromatic nitrogens is 2. The van der Waals surface area contributed by atoms with E-state index in [0.717, 1.165) is 24.7 Å². The lowest BCUT2D eigenvalue weighted by Gasteiger charge is -2.40. The molecule has 4 rings (SSSR count). The van der Waals surface area contributed by atoms with Gasteiger partial charge in [-0.25, -0.2) is 9.97 Å². The van der Waals surface area contributed by atoms with Gasteiger partial charge < -0.3 is 10.2 Å². The first-order valence-corrected chi connectivity index (χ1v) is 9.48. The van der Waals surface area contributed by atoms with E-state index in [1.165, 1.54) is 56.3 Å². The Bertz CT molecular complexity index is 581. The number of hydrogen-bond donors (Lipinski definition) is 1. The second-order valence-corrected chi connectivity index (χ2v) is 8.22. The van der Waals surface area contributed by atoms with Gasteiger partial charge in [0.1, 0.15) is 17.5 Å². The van der Waals surface area contributed by atoms with Gasteiger partial charge >= 0.3 is 0 Å². The number of piperidine rings is 1. The molecule has 3 aliphatic rings. The molecular formula is C19H30N4. The second kappa shape index (κ2) is 5.64. The zero-order chi connectivity index (χ0) is 16.0. The molecule has 1 aliphatic heterocycles. The standard InChI is InChI=1S/C19H30N4/c1-4-19(3)9-11-23(12-10-19)18-13(2)16(20-15-7-8-15)21-17(22-18)14-5-6-14/h14-15H,4-12H2,1-3H3,(H,20,21,22). The molecule has 0 spiro atoms. The summed E-state index contributed by atoms with van der Waals surface area (Å²) in [7, 11) is 0. The van der Waals surface area contributed by atoms with Gasteiger partial charge in [0.05, 0.1) is 0 Å². The van der Waals surface area contributed by atoms with E-state index in [0.29, 0.717) is 17.4 Å². The number of anilines is 2. The van der Waals surface area contributed by atoms with Crippen molar-refractivity contribution in [3.63, 3.8) is 0 Å². The quantitative estimate of drug-likeness (QED) is 0.882. The SMILES string of the molecule is CCC1(C)CCN(c2nc(C3CC3)nc(NC3CC3)c2C)CC1. The van der Waals surface area contributed by atoms with E-state index in [9.17, 15) is 0 Å². The van der Waals surface area contributed by atoms with Crippen LogP contribution in [0.2, 0.25) is 0 Å². The number of nitrogens with one attached hydrogen (secondary N) is 1. The summed E-state index contributed by atoms with van der Waals surface area (Å²) in [6.07, 6.45) is 8.93. The van der Waals surface area contributed by atoms with E-state index in [1.807, 2.05) is 0 Å². The Labute approximate surface area is 140 Å². The lowest BCUT2D eigenvalue weighted by molar-refractivity contribution is 0.237. The van der Waals surface area contributed by atoms with Crippen LogP contribution in [-0.4, -0.2) is 29.1 Å². The van der Waals surface area contributed by atoms with Crippen LogP contribution in [0.25, 0.3) is 0 Å². The molecule has 0 aromatic carbocycles. The van der Waals surface area contributed by atoms with Gasteiger partial charge in [0.2, 0.25) is 0 Å². The summed E-state index contributed by atoms with van der Waals surface area (Å²) in [5.74, 6) is 3.99. The van der Waals surface area contributed by atoms with E-state index in [2.05, 4.69) is 31.0 Å². The Morgan fingerprint density at radius 2 is 1.83 bits per heavy atom. The zero-order valence-corrected chi connectivity index (χ0v) is 14.9. The van der Waals surface area contributed by atoms with Crippen LogP contribution in [0, 0.1) is 12.3 Å². The first kappa shape index (κ1) is 15.2. The van der Waals surface area contributed by atoms with Crippen molar-refractivity contribution >= 4 is 11.6 Å². The largest absolute Gasteiger partial charge is 0.367 e. The van der Waals surface area contributed by atoms with E-state index in [1.54, 1.807) is 0 Å². The van der Waals surface area contributed by atoms with Crippen molar-refractivity contribution in [3.05, 3.63) is 11.4 Å². The van der Waals surface area contributed by atoms with Gasteiger partial charge in [0.15, 0.2) is 0 Å². The predicted molar refractivity (Wildman–Crippen MR) is 95.2 cm³/mol. The van der Waals surface area contributed by atoms with Gasteiger partial charge in [-0.05, 0) is 50.9 Å². The van der Waals surface area contributed by atoms with Crippen molar-refractivity contribution in [3.8, 4) is 0 Å². The Balaban J connectivity index is 1.60. The highest BCUT2D eigenvalue weighted by Crippen LogP contribution is 2.42. The van der Waals surface area contributed by atoms with Crippen molar-refractivity contribution in [2.75, 3.05) is 23.3 Å². The van der Waals surface area contributed by atoms with Crippen LogP contribution in [0.5, 0.6) is 0 Å². The fourth-order valence-corrected chi connectivity index (χ4v) is 3.53. The van der Waals surface area contributed by atoms with Crippen LogP contribution in [0.3, 0.4) is 0 Å². The highest BCUT2D eigenvalue weighted by atomic mass is 15.2. The van der Waals surface area contributed by atoms with Crippen molar-refractivity contribution in [2.24, 2.45) is 5.41 Å². The van der Waals surface area contributed by atoms with Gasteiger partial charge in [-0.2, -0.15) is 0 Å². The van der Waals surface area contributed by atoms with E-state index >= 15 is 0 Å². The topological polar surface area (TPSA) is 41.1 Å². The summed E-state index contributed by atoms with van der Waals surface area (Å²) < 4.78 is 0. The summed E-state index contributed by atoms with van der Waals surface area (Å²) in [6, 6.07) is 0.647. The number of nitrogens with zero attached hydrogens (tertiary/aromatic N) is 3. The van der Waals surface area contributed by atoms with E-state index in [-0.39, 0.29) is 0 Å². The van der Waals surface area contributed by atoms with Crippen molar-refractivity contribution in [1.82, 2.24) is 9.97 Å². The fraction of sp³-hybridized carbons (Fsp3) is 0.789. The van der Waals surface area contributed by atoms with Gasteiger partial charge in [-0.1, -0.05) is 20.3 Å². The first-order valence-electron chi connectivity index (χ1n) is 9.48. The van der Waals surface area contributed by atoms with Gasteiger partial charge in [0.25, 0.3) is 0 Å². The third-order valence-corrected chi connectivity index (χ3v) is 6.12. The number of hydrogen-bond acceptors (Lipinski definition) is 4. The molecule has 0 amide bonds. The Kier molecular flexibility index (Phi) is 3.73. The molecular weight excluding hydrogens is 284 g/mol. The van der Waals surface area contributed by atoms with Crippen LogP contribution in [-0.2, 0) is 0 Å². The molecule has 4 nitrogen and oxygen atoms in total. The first-order chi connectivity index (χ1) is 11.1. The molecule has 0 atom stereocenters. The molecule has 3 fully saturated rings. The monoisotopic (exact) mass is 314 g/mol. The molecule has 2 saturated carbocycles. The molecule has 2 heterocycles. The minimum Gasteiger partial charge on any atom is -0.367 e. The summed E-state index contributed by atoms with van der Waals surface area (Å²) in [5.41, 5.74) is 1.77. The lowest BCUT2D eigenvalue weighted by Crippen LogP contribution is -2.39. The van der Waals surface area contributed by atoms with Gasteiger partial charge in [-0.15, -0.1) is 0 Å². The molecule has 23 heavy (non-hydrogen) atoms. The van der Waals surface area contributed by atoms with Crippen molar-refractivity contribution in [2.45, 2.75) is 77.7 Å². The van der Waals surface area contributed by atoms with E-state index in [4.69, 9.17) is 9.97 Å². The molecule has 1 saturated heterocycles. The third-order valence-electron chi connectivity index (χ3n) is 6.12. The average Bonchev–Trinajstić information content (AvgIpc) is 3.44. The van der Waals surface area contributed by atoms with Gasteiger partial charge in [-0.3, -0.25) is 0 Å². The highest BCUT2D eigenvalue weighted by molar-refractivity contribution is 5.60. The second-order valence-electron chi connectivity index (χ2n) is 8.22. The Morgan fingerprint density at radius 3 is 2.39 bits per heavy atom. The van der Waals surface area contributed by atoms with Gasteiger partial charge in [0, 0.05) is 30.6 Å². The average molecular weight is 314 g/mol. The van der Waals surface area contributed by atoms with E-state index < -0.39 is 0 Å². The predicted octanol–water partition coefficient (Wildman–Crippen LogP) is 4.25. The molecule has 1 N–H and O–H groups in total. The summed E-state index contributed by atoms with van der Waals surface area (Å²) >= 11 is 0. The minimum absolute atomic E-state index is 0.520. The Hall–Kier alpha value is -1.32. The molecule has 4 heteroatoms. The molecule has 2 aliphatic carbocycles. The van der Waals surface area contributed by atoms with Crippen LogP contribution < -0.4 is 10.2 Å². The molecule has 1 aromatic rings. The molecule has 0 radical (unpaired) electrons. The summed E-state index contributed by atoms with van der Waals surface area (Å²) in [6.45, 7) is 9.23. The fourth-order valence-electron chi connectivity index (χ4n) is 3.53.